The van der Waals surface area contributed by atoms with Crippen LogP contribution in [0.3, 0.4) is 0 Å². The van der Waals surface area contributed by atoms with Gasteiger partial charge in [-0.25, -0.2) is 0 Å². The summed E-state index contributed by atoms with van der Waals surface area (Å²) >= 11 is 6.69. The van der Waals surface area contributed by atoms with Crippen molar-refractivity contribution < 1.29 is 19.1 Å². The molecule has 0 saturated carbocycles. The van der Waals surface area contributed by atoms with E-state index in [4.69, 9.17) is 26.5 Å². The molecule has 0 fully saturated rings. The first kappa shape index (κ1) is 21.4. The number of hydrogen-bond donors (Lipinski definition) is 2. The SMILES string of the molecule is CN1C[C@@H](c2cc(-c3cccc(CN)c3Cl)c3occc3c2)Oc2c(CC(=O)O)cccc21. The highest BCUT2D eigenvalue weighted by Crippen LogP contribution is 2.43. The first-order valence-electron chi connectivity index (χ1n) is 10.7. The largest absolute Gasteiger partial charge is 0.481 e. The lowest BCUT2D eigenvalue weighted by Crippen LogP contribution is -2.32. The second kappa shape index (κ2) is 8.46. The highest BCUT2D eigenvalue weighted by molar-refractivity contribution is 6.34. The van der Waals surface area contributed by atoms with Gasteiger partial charge < -0.3 is 24.9 Å². The van der Waals surface area contributed by atoms with Crippen LogP contribution in [-0.2, 0) is 17.8 Å². The zero-order valence-corrected chi connectivity index (χ0v) is 18.8. The predicted octanol–water partition coefficient (Wildman–Crippen LogP) is 5.41. The van der Waals surface area contributed by atoms with Gasteiger partial charge in [0, 0.05) is 35.7 Å². The number of ether oxygens (including phenoxy) is 1. The van der Waals surface area contributed by atoms with Crippen molar-refractivity contribution in [3.8, 4) is 16.9 Å². The number of carboxylic acids is 1. The Hall–Kier alpha value is -3.48. The van der Waals surface area contributed by atoms with Crippen molar-refractivity contribution in [1.82, 2.24) is 0 Å². The molecule has 0 bridgehead atoms. The Labute approximate surface area is 196 Å². The summed E-state index contributed by atoms with van der Waals surface area (Å²) in [6, 6.07) is 17.4. The number of carbonyl (C=O) groups is 1. The van der Waals surface area contributed by atoms with Crippen LogP contribution < -0.4 is 15.4 Å². The summed E-state index contributed by atoms with van der Waals surface area (Å²) in [5.74, 6) is -0.288. The number of furan rings is 1. The molecule has 0 spiro atoms. The molecule has 6 nitrogen and oxygen atoms in total. The average Bonchev–Trinajstić information content (AvgIpc) is 3.28. The molecule has 0 aliphatic carbocycles. The third kappa shape index (κ3) is 3.81. The third-order valence-electron chi connectivity index (χ3n) is 6.06. The van der Waals surface area contributed by atoms with Gasteiger partial charge in [-0.15, -0.1) is 0 Å². The average molecular weight is 463 g/mol. The van der Waals surface area contributed by atoms with Gasteiger partial charge in [-0.2, -0.15) is 0 Å². The van der Waals surface area contributed by atoms with Crippen LogP contribution in [-0.4, -0.2) is 24.7 Å². The van der Waals surface area contributed by atoms with Crippen LogP contribution in [0.2, 0.25) is 5.02 Å². The Balaban J connectivity index is 1.62. The normalized spacial score (nSPS) is 15.4. The van der Waals surface area contributed by atoms with Crippen molar-refractivity contribution in [3.63, 3.8) is 0 Å². The molecule has 5 rings (SSSR count). The Kier molecular flexibility index (Phi) is 5.48. The van der Waals surface area contributed by atoms with Crippen molar-refractivity contribution in [2.24, 2.45) is 5.73 Å². The number of likely N-dealkylation sites (N-methyl/N-ethyl adjacent to an activating group) is 1. The maximum Gasteiger partial charge on any atom is 0.307 e. The van der Waals surface area contributed by atoms with Crippen LogP contribution in [0.5, 0.6) is 5.75 Å². The minimum atomic E-state index is -0.895. The molecule has 33 heavy (non-hydrogen) atoms. The van der Waals surface area contributed by atoms with Crippen molar-refractivity contribution in [3.05, 3.63) is 82.6 Å². The predicted molar refractivity (Wildman–Crippen MR) is 129 cm³/mol. The summed E-state index contributed by atoms with van der Waals surface area (Å²) in [5.41, 5.74) is 11.7. The Morgan fingerprint density at radius 2 is 1.94 bits per heavy atom. The van der Waals surface area contributed by atoms with E-state index >= 15 is 0 Å². The lowest BCUT2D eigenvalue weighted by molar-refractivity contribution is -0.136. The summed E-state index contributed by atoms with van der Waals surface area (Å²) in [4.78, 5) is 13.5. The number of benzene rings is 3. The van der Waals surface area contributed by atoms with E-state index in [0.717, 1.165) is 38.9 Å². The summed E-state index contributed by atoms with van der Waals surface area (Å²) in [6.45, 7) is 0.955. The summed E-state index contributed by atoms with van der Waals surface area (Å²) in [7, 11) is 1.98. The number of nitrogens with two attached hydrogens (primary N) is 1. The quantitative estimate of drug-likeness (QED) is 0.412. The molecule has 0 unspecified atom stereocenters. The Bertz CT molecular complexity index is 1360. The standard InChI is InChI=1S/C26H23ClN2O4/c1-29-14-22(33-26-15(12-23(30)31)4-3-7-21(26)29)18-10-16-8-9-32-25(16)20(11-18)19-6-2-5-17(13-28)24(19)27/h2-11,22H,12-14,28H2,1H3,(H,30,31)/t22-/m0/s1. The maximum atomic E-state index is 11.4. The molecular weight excluding hydrogens is 440 g/mol. The summed E-state index contributed by atoms with van der Waals surface area (Å²) < 4.78 is 12.2. The fourth-order valence-corrected chi connectivity index (χ4v) is 4.75. The second-order valence-electron chi connectivity index (χ2n) is 8.21. The number of hydrogen-bond acceptors (Lipinski definition) is 5. The zero-order valence-electron chi connectivity index (χ0n) is 18.0. The number of fused-ring (bicyclic) bond motifs is 2. The van der Waals surface area contributed by atoms with Gasteiger partial charge in [-0.05, 0) is 35.4 Å². The summed E-state index contributed by atoms with van der Waals surface area (Å²) in [5, 5.41) is 10.9. The highest BCUT2D eigenvalue weighted by atomic mass is 35.5. The van der Waals surface area contributed by atoms with Crippen molar-refractivity contribution in [2.75, 3.05) is 18.5 Å². The number of nitrogens with zero attached hydrogens (tertiary/aromatic N) is 1. The Morgan fingerprint density at radius 1 is 1.15 bits per heavy atom. The van der Waals surface area contributed by atoms with Gasteiger partial charge in [0.25, 0.3) is 0 Å². The van der Waals surface area contributed by atoms with Gasteiger partial charge in [0.15, 0.2) is 0 Å². The molecule has 1 aliphatic rings. The van der Waals surface area contributed by atoms with Crippen LogP contribution in [0.15, 0.2) is 65.3 Å². The van der Waals surface area contributed by atoms with Crippen LogP contribution >= 0.6 is 11.6 Å². The number of anilines is 1. The van der Waals surface area contributed by atoms with Gasteiger partial charge in [0.2, 0.25) is 0 Å². The van der Waals surface area contributed by atoms with E-state index in [-0.39, 0.29) is 12.5 Å². The fourth-order valence-electron chi connectivity index (χ4n) is 4.45. The van der Waals surface area contributed by atoms with E-state index in [9.17, 15) is 9.90 Å². The van der Waals surface area contributed by atoms with Crippen molar-refractivity contribution in [1.29, 1.82) is 0 Å². The number of aliphatic carboxylic acids is 1. The van der Waals surface area contributed by atoms with E-state index in [1.54, 1.807) is 12.3 Å². The monoisotopic (exact) mass is 462 g/mol. The zero-order chi connectivity index (χ0) is 23.1. The highest BCUT2D eigenvalue weighted by Gasteiger charge is 2.28. The molecule has 7 heteroatoms. The molecular formula is C26H23ClN2O4. The van der Waals surface area contributed by atoms with Gasteiger partial charge >= 0.3 is 5.97 Å². The van der Waals surface area contributed by atoms with Crippen molar-refractivity contribution >= 4 is 34.2 Å². The van der Waals surface area contributed by atoms with E-state index in [1.165, 1.54) is 0 Å². The minimum absolute atomic E-state index is 0.1000. The number of rotatable bonds is 5. The molecule has 0 amide bonds. The Morgan fingerprint density at radius 3 is 2.73 bits per heavy atom. The number of halogens is 1. The fraction of sp³-hybridized carbons (Fsp3) is 0.192. The smallest absolute Gasteiger partial charge is 0.307 e. The number of carboxylic acid groups (broad SMARTS) is 1. The molecule has 1 atom stereocenters. The lowest BCUT2D eigenvalue weighted by atomic mass is 9.95. The van der Waals surface area contributed by atoms with E-state index in [0.29, 0.717) is 29.4 Å². The molecule has 3 aromatic carbocycles. The molecule has 1 aromatic heterocycles. The topological polar surface area (TPSA) is 88.9 Å². The van der Waals surface area contributed by atoms with Crippen LogP contribution in [0.25, 0.3) is 22.1 Å². The molecule has 4 aromatic rings. The molecule has 0 saturated heterocycles. The maximum absolute atomic E-state index is 11.4. The molecule has 1 aliphatic heterocycles. The van der Waals surface area contributed by atoms with Gasteiger partial charge in [0.1, 0.15) is 17.4 Å². The number of para-hydroxylation sites is 1. The molecule has 3 N–H and O–H groups in total. The van der Waals surface area contributed by atoms with Crippen LogP contribution in [0.1, 0.15) is 22.8 Å². The van der Waals surface area contributed by atoms with Crippen molar-refractivity contribution in [2.45, 2.75) is 19.1 Å². The van der Waals surface area contributed by atoms with Crippen LogP contribution in [0.4, 0.5) is 5.69 Å². The van der Waals surface area contributed by atoms with E-state index in [2.05, 4.69) is 4.90 Å². The van der Waals surface area contributed by atoms with Gasteiger partial charge in [-0.3, -0.25) is 4.79 Å². The second-order valence-corrected chi connectivity index (χ2v) is 8.59. The lowest BCUT2D eigenvalue weighted by Gasteiger charge is -2.35. The first-order chi connectivity index (χ1) is 16.0. The summed E-state index contributed by atoms with van der Waals surface area (Å²) in [6.07, 6.45) is 1.26. The first-order valence-corrected chi connectivity index (χ1v) is 11.0. The van der Waals surface area contributed by atoms with E-state index in [1.807, 2.05) is 55.6 Å². The van der Waals surface area contributed by atoms with Gasteiger partial charge in [-0.1, -0.05) is 41.9 Å². The van der Waals surface area contributed by atoms with Crippen LogP contribution in [0, 0.1) is 0 Å². The van der Waals surface area contributed by atoms with E-state index < -0.39 is 5.97 Å². The molecule has 168 valence electrons. The molecule has 0 radical (unpaired) electrons. The minimum Gasteiger partial charge on any atom is -0.481 e. The molecule has 2 heterocycles. The van der Waals surface area contributed by atoms with Gasteiger partial charge in [0.05, 0.1) is 29.9 Å². The third-order valence-corrected chi connectivity index (χ3v) is 6.51.